The second-order valence-corrected chi connectivity index (χ2v) is 7.49. The maximum Gasteiger partial charge on any atom is 0.322 e. The molecule has 3 aromatic rings. The molecule has 0 spiro atoms. The Morgan fingerprint density at radius 2 is 1.91 bits per heavy atom. The topological polar surface area (TPSA) is 79.3 Å². The summed E-state index contributed by atoms with van der Waals surface area (Å²) < 4.78 is 28.1. The summed E-state index contributed by atoms with van der Waals surface area (Å²) in [5, 5.41) is 5.78. The van der Waals surface area contributed by atoms with E-state index in [9.17, 15) is 18.4 Å². The van der Waals surface area contributed by atoms with Crippen molar-refractivity contribution in [1.29, 1.82) is 0 Å². The molecule has 1 aliphatic rings. The molecule has 0 saturated heterocycles. The molecule has 1 aromatic heterocycles. The molecule has 32 heavy (non-hydrogen) atoms. The third kappa shape index (κ3) is 4.32. The molecule has 2 aromatic carbocycles. The minimum Gasteiger partial charge on any atom is -0.355 e. The van der Waals surface area contributed by atoms with Crippen molar-refractivity contribution in [2.24, 2.45) is 0 Å². The van der Waals surface area contributed by atoms with Crippen LogP contribution in [0, 0.1) is 11.6 Å². The highest BCUT2D eigenvalue weighted by atomic mass is 19.2. The first-order valence-corrected chi connectivity index (χ1v) is 10.4. The summed E-state index contributed by atoms with van der Waals surface area (Å²) in [6.45, 7) is 3.11. The largest absolute Gasteiger partial charge is 0.355 e. The van der Waals surface area contributed by atoms with Gasteiger partial charge in [-0.05, 0) is 30.7 Å². The van der Waals surface area contributed by atoms with E-state index >= 15 is 0 Å². The van der Waals surface area contributed by atoms with Crippen LogP contribution in [-0.2, 0) is 13.0 Å². The van der Waals surface area contributed by atoms with E-state index in [1.165, 1.54) is 15.5 Å². The van der Waals surface area contributed by atoms with Crippen LogP contribution < -0.4 is 16.2 Å². The summed E-state index contributed by atoms with van der Waals surface area (Å²) in [6, 6.07) is 11.8. The van der Waals surface area contributed by atoms with E-state index in [1.54, 1.807) is 0 Å². The van der Waals surface area contributed by atoms with E-state index < -0.39 is 17.7 Å². The van der Waals surface area contributed by atoms with E-state index in [0.717, 1.165) is 18.6 Å². The molecule has 0 radical (unpaired) electrons. The average molecular weight is 439 g/mol. The summed E-state index contributed by atoms with van der Waals surface area (Å²) in [6.07, 6.45) is 1.28. The van der Waals surface area contributed by atoms with Gasteiger partial charge in [0, 0.05) is 31.3 Å². The molecule has 4 rings (SSSR count). The van der Waals surface area contributed by atoms with Gasteiger partial charge in [-0.1, -0.05) is 25.1 Å². The summed E-state index contributed by atoms with van der Waals surface area (Å²) in [4.78, 5) is 32.3. The highest BCUT2D eigenvalue weighted by Gasteiger charge is 2.27. The summed E-state index contributed by atoms with van der Waals surface area (Å²) in [5.41, 5.74) is 1.65. The Morgan fingerprint density at radius 1 is 1.12 bits per heavy atom. The van der Waals surface area contributed by atoms with E-state index in [2.05, 4.69) is 15.6 Å². The van der Waals surface area contributed by atoms with Crippen molar-refractivity contribution < 1.29 is 13.6 Å². The standard InChI is InChI=1S/C23H23F2N5O2/c1-2-11-26-22-28-20-10-12-29(23(32)27-15-8-9-18(24)19(25)13-15)14-17(20)21(31)30(22)16-6-4-3-5-7-16/h3-9,13H,2,10-12,14H2,1H3,(H,26,28)(H,27,32). The lowest BCUT2D eigenvalue weighted by Gasteiger charge is -2.29. The number of carbonyl (C=O) groups excluding carboxylic acids is 1. The molecule has 0 saturated carbocycles. The third-order valence-corrected chi connectivity index (χ3v) is 5.24. The van der Waals surface area contributed by atoms with Gasteiger partial charge in [0.1, 0.15) is 0 Å². The van der Waals surface area contributed by atoms with E-state index in [-0.39, 0.29) is 17.8 Å². The van der Waals surface area contributed by atoms with E-state index in [0.29, 0.717) is 42.4 Å². The number of carbonyl (C=O) groups is 1. The molecule has 7 nitrogen and oxygen atoms in total. The van der Waals surface area contributed by atoms with Crippen molar-refractivity contribution in [3.63, 3.8) is 0 Å². The van der Waals surface area contributed by atoms with Crippen LogP contribution in [-0.4, -0.2) is 33.6 Å². The Bertz CT molecular complexity index is 1200. The summed E-state index contributed by atoms with van der Waals surface area (Å²) in [7, 11) is 0. The highest BCUT2D eigenvalue weighted by Crippen LogP contribution is 2.21. The van der Waals surface area contributed by atoms with Crippen molar-refractivity contribution in [3.8, 4) is 5.69 Å². The molecule has 1 aliphatic heterocycles. The van der Waals surface area contributed by atoms with Gasteiger partial charge in [0.25, 0.3) is 5.56 Å². The lowest BCUT2D eigenvalue weighted by atomic mass is 10.1. The zero-order valence-electron chi connectivity index (χ0n) is 17.6. The molecule has 0 bridgehead atoms. The first-order valence-electron chi connectivity index (χ1n) is 10.4. The zero-order valence-corrected chi connectivity index (χ0v) is 17.6. The number of hydrogen-bond acceptors (Lipinski definition) is 4. The van der Waals surface area contributed by atoms with Crippen LogP contribution in [0.2, 0.25) is 0 Å². The number of urea groups is 1. The highest BCUT2D eigenvalue weighted by molar-refractivity contribution is 5.89. The maximum atomic E-state index is 13.5. The normalized spacial score (nSPS) is 12.9. The molecule has 0 unspecified atom stereocenters. The minimum absolute atomic E-state index is 0.0670. The maximum absolute atomic E-state index is 13.5. The van der Waals surface area contributed by atoms with Gasteiger partial charge in [-0.2, -0.15) is 0 Å². The fourth-order valence-electron chi connectivity index (χ4n) is 3.60. The van der Waals surface area contributed by atoms with Crippen LogP contribution in [0.5, 0.6) is 0 Å². The predicted molar refractivity (Wildman–Crippen MR) is 118 cm³/mol. The number of amides is 2. The van der Waals surface area contributed by atoms with Gasteiger partial charge in [-0.3, -0.25) is 4.79 Å². The number of halogens is 2. The smallest absolute Gasteiger partial charge is 0.322 e. The Labute approximate surface area is 183 Å². The molecule has 0 aliphatic carbocycles. The van der Waals surface area contributed by atoms with Crippen LogP contribution in [0.1, 0.15) is 24.6 Å². The number of rotatable bonds is 5. The van der Waals surface area contributed by atoms with Gasteiger partial charge < -0.3 is 15.5 Å². The average Bonchev–Trinajstić information content (AvgIpc) is 2.80. The van der Waals surface area contributed by atoms with Gasteiger partial charge in [0.15, 0.2) is 11.6 Å². The van der Waals surface area contributed by atoms with Gasteiger partial charge in [-0.25, -0.2) is 23.1 Å². The number of hydrogen-bond donors (Lipinski definition) is 2. The number of nitrogens with zero attached hydrogens (tertiary/aromatic N) is 3. The number of benzene rings is 2. The lowest BCUT2D eigenvalue weighted by Crippen LogP contribution is -2.43. The zero-order chi connectivity index (χ0) is 22.7. The van der Waals surface area contributed by atoms with E-state index in [4.69, 9.17) is 0 Å². The van der Waals surface area contributed by atoms with Crippen LogP contribution in [0.4, 0.5) is 25.2 Å². The molecule has 0 atom stereocenters. The Hall–Kier alpha value is -3.75. The minimum atomic E-state index is -1.05. The van der Waals surface area contributed by atoms with Crippen molar-refractivity contribution in [1.82, 2.24) is 14.5 Å². The van der Waals surface area contributed by atoms with Gasteiger partial charge in [-0.15, -0.1) is 0 Å². The van der Waals surface area contributed by atoms with Crippen molar-refractivity contribution in [2.45, 2.75) is 26.3 Å². The molecule has 0 fully saturated rings. The van der Waals surface area contributed by atoms with Crippen LogP contribution in [0.15, 0.2) is 53.3 Å². The number of anilines is 2. The van der Waals surface area contributed by atoms with Crippen LogP contribution >= 0.6 is 0 Å². The second kappa shape index (κ2) is 9.17. The number of para-hydroxylation sites is 1. The molecule has 2 N–H and O–H groups in total. The molecule has 9 heteroatoms. The van der Waals surface area contributed by atoms with Crippen LogP contribution in [0.3, 0.4) is 0 Å². The Balaban J connectivity index is 1.64. The summed E-state index contributed by atoms with van der Waals surface area (Å²) >= 11 is 0. The van der Waals surface area contributed by atoms with Gasteiger partial charge in [0.05, 0.1) is 23.5 Å². The summed E-state index contributed by atoms with van der Waals surface area (Å²) in [5.74, 6) is -1.56. The SMILES string of the molecule is CCCNc1nc2c(c(=O)n1-c1ccccc1)CN(C(=O)Nc1ccc(F)c(F)c1)CC2. The molecular formula is C23H23F2N5O2. The molecule has 2 heterocycles. The molecule has 2 amide bonds. The molecule has 166 valence electrons. The predicted octanol–water partition coefficient (Wildman–Crippen LogP) is 3.92. The quantitative estimate of drug-likeness (QED) is 0.632. The van der Waals surface area contributed by atoms with Crippen LogP contribution in [0.25, 0.3) is 5.69 Å². The monoisotopic (exact) mass is 439 g/mol. The van der Waals surface area contributed by atoms with E-state index in [1.807, 2.05) is 37.3 Å². The first kappa shape index (κ1) is 21.5. The van der Waals surface area contributed by atoms with Crippen molar-refractivity contribution in [3.05, 3.63) is 81.8 Å². The fourth-order valence-corrected chi connectivity index (χ4v) is 3.60. The second-order valence-electron chi connectivity index (χ2n) is 7.49. The Kier molecular flexibility index (Phi) is 6.16. The number of aromatic nitrogens is 2. The van der Waals surface area contributed by atoms with Crippen molar-refractivity contribution in [2.75, 3.05) is 23.7 Å². The first-order chi connectivity index (χ1) is 15.5. The van der Waals surface area contributed by atoms with Gasteiger partial charge in [0.2, 0.25) is 5.95 Å². The fraction of sp³-hybridized carbons (Fsp3) is 0.261. The van der Waals surface area contributed by atoms with Crippen molar-refractivity contribution >= 4 is 17.7 Å². The number of nitrogens with one attached hydrogen (secondary N) is 2. The number of fused-ring (bicyclic) bond motifs is 1. The molecular weight excluding hydrogens is 416 g/mol. The Morgan fingerprint density at radius 3 is 2.62 bits per heavy atom. The lowest BCUT2D eigenvalue weighted by molar-refractivity contribution is 0.205. The van der Waals surface area contributed by atoms with Gasteiger partial charge >= 0.3 is 6.03 Å². The third-order valence-electron chi connectivity index (χ3n) is 5.24.